The fourth-order valence-electron chi connectivity index (χ4n) is 2.68. The predicted molar refractivity (Wildman–Crippen MR) is 85.4 cm³/mol. The Morgan fingerprint density at radius 2 is 1.71 bits per heavy atom. The fourth-order valence-corrected chi connectivity index (χ4v) is 2.68. The number of para-hydroxylation sites is 3. The molecule has 1 radical (unpaired) electrons. The van der Waals surface area contributed by atoms with Gasteiger partial charge >= 0.3 is 0 Å². The van der Waals surface area contributed by atoms with Gasteiger partial charge in [0.25, 0.3) is 0 Å². The van der Waals surface area contributed by atoms with E-state index in [9.17, 15) is 0 Å². The highest BCUT2D eigenvalue weighted by molar-refractivity contribution is 6.08. The van der Waals surface area contributed by atoms with Gasteiger partial charge in [-0.1, -0.05) is 54.6 Å². The van der Waals surface area contributed by atoms with Crippen LogP contribution in [0.1, 0.15) is 5.56 Å². The van der Waals surface area contributed by atoms with Crippen molar-refractivity contribution >= 4 is 21.8 Å². The Balaban J connectivity index is 1.75. The van der Waals surface area contributed by atoms with Crippen molar-refractivity contribution < 1.29 is 4.74 Å². The molecule has 0 fully saturated rings. The van der Waals surface area contributed by atoms with Crippen LogP contribution in [0.15, 0.2) is 66.7 Å². The van der Waals surface area contributed by atoms with E-state index in [2.05, 4.69) is 47.4 Å². The van der Waals surface area contributed by atoms with Crippen LogP contribution < -0.4 is 4.74 Å². The van der Waals surface area contributed by atoms with E-state index >= 15 is 0 Å². The fraction of sp³-hybridized carbons (Fsp3) is 0.0526. The second kappa shape index (κ2) is 4.98. The van der Waals surface area contributed by atoms with Crippen molar-refractivity contribution in [1.82, 2.24) is 4.98 Å². The largest absolute Gasteiger partial charge is 0.488 e. The van der Waals surface area contributed by atoms with Gasteiger partial charge in [0.2, 0.25) is 0 Å². The predicted octanol–water partition coefficient (Wildman–Crippen LogP) is 4.70. The molecule has 1 N–H and O–H groups in total. The molecule has 101 valence electrons. The summed E-state index contributed by atoms with van der Waals surface area (Å²) in [7, 11) is 0. The molecule has 0 saturated heterocycles. The minimum Gasteiger partial charge on any atom is -0.488 e. The first-order valence-electron chi connectivity index (χ1n) is 7.00. The van der Waals surface area contributed by atoms with Crippen LogP contribution in [0.4, 0.5) is 0 Å². The number of fused-ring (bicyclic) bond motifs is 3. The zero-order chi connectivity index (χ0) is 14.1. The molecule has 0 atom stereocenters. The Morgan fingerprint density at radius 3 is 2.62 bits per heavy atom. The summed E-state index contributed by atoms with van der Waals surface area (Å²) in [5.74, 6) is 0.769. The first kappa shape index (κ1) is 12.0. The molecule has 2 heteroatoms. The Labute approximate surface area is 123 Å². The summed E-state index contributed by atoms with van der Waals surface area (Å²) >= 11 is 0. The molecule has 0 bridgehead atoms. The number of H-pyrrole nitrogens is 1. The van der Waals surface area contributed by atoms with E-state index in [0.29, 0.717) is 6.61 Å². The Kier molecular flexibility index (Phi) is 2.86. The van der Waals surface area contributed by atoms with Gasteiger partial charge in [-0.05, 0) is 12.1 Å². The number of aromatic nitrogens is 1. The zero-order valence-corrected chi connectivity index (χ0v) is 11.5. The van der Waals surface area contributed by atoms with Crippen LogP contribution in [-0.2, 0) is 6.61 Å². The summed E-state index contributed by atoms with van der Waals surface area (Å²) < 4.78 is 5.82. The van der Waals surface area contributed by atoms with E-state index in [4.69, 9.17) is 4.74 Å². The highest BCUT2D eigenvalue weighted by atomic mass is 16.5. The standard InChI is InChI=1S/C19H14NO/c1-2-8-15(9-3-1)21-13-14-7-6-11-17-16-10-4-5-12-18(16)20-19(14)17/h1-8,10-12,20H,13H2. The molecule has 0 aliphatic heterocycles. The van der Waals surface area contributed by atoms with Crippen LogP contribution in [0.2, 0.25) is 0 Å². The van der Waals surface area contributed by atoms with Crippen molar-refractivity contribution in [3.05, 3.63) is 78.4 Å². The summed E-state index contributed by atoms with van der Waals surface area (Å²) in [5.41, 5.74) is 3.46. The van der Waals surface area contributed by atoms with Crippen LogP contribution >= 0.6 is 0 Å². The molecule has 0 spiro atoms. The van der Waals surface area contributed by atoms with Crippen molar-refractivity contribution in [3.63, 3.8) is 0 Å². The first-order valence-corrected chi connectivity index (χ1v) is 7.00. The van der Waals surface area contributed by atoms with E-state index in [0.717, 1.165) is 22.3 Å². The molecule has 0 saturated carbocycles. The lowest BCUT2D eigenvalue weighted by atomic mass is 10.1. The molecular formula is C19H14NO. The molecule has 1 heterocycles. The topological polar surface area (TPSA) is 25.0 Å². The van der Waals surface area contributed by atoms with Crippen molar-refractivity contribution in [1.29, 1.82) is 0 Å². The summed E-state index contributed by atoms with van der Waals surface area (Å²) in [6.07, 6.45) is 0. The Hall–Kier alpha value is -2.74. The van der Waals surface area contributed by atoms with Crippen molar-refractivity contribution in [3.8, 4) is 5.75 Å². The van der Waals surface area contributed by atoms with E-state index < -0.39 is 0 Å². The smallest absolute Gasteiger partial charge is 0.127 e. The van der Waals surface area contributed by atoms with Crippen LogP contribution in [-0.4, -0.2) is 4.98 Å². The quantitative estimate of drug-likeness (QED) is 0.574. The van der Waals surface area contributed by atoms with Gasteiger partial charge in [0.15, 0.2) is 0 Å². The molecule has 4 aromatic rings. The monoisotopic (exact) mass is 272 g/mol. The molecule has 2 nitrogen and oxygen atoms in total. The van der Waals surface area contributed by atoms with Crippen LogP contribution in [0, 0.1) is 6.07 Å². The molecule has 0 unspecified atom stereocenters. The van der Waals surface area contributed by atoms with Gasteiger partial charge in [0, 0.05) is 27.9 Å². The zero-order valence-electron chi connectivity index (χ0n) is 11.5. The minimum atomic E-state index is 0.532. The van der Waals surface area contributed by atoms with Crippen molar-refractivity contribution in [2.24, 2.45) is 0 Å². The first-order chi connectivity index (χ1) is 10.4. The summed E-state index contributed by atoms with van der Waals surface area (Å²) in [5, 5.41) is 2.49. The SMILES string of the molecule is [c]1ccccc1OCc1cccc2c1[nH]c1ccccc12. The lowest BCUT2D eigenvalue weighted by Gasteiger charge is -2.06. The van der Waals surface area contributed by atoms with E-state index in [1.165, 1.54) is 10.8 Å². The van der Waals surface area contributed by atoms with Crippen molar-refractivity contribution in [2.45, 2.75) is 6.61 Å². The minimum absolute atomic E-state index is 0.532. The highest BCUT2D eigenvalue weighted by Crippen LogP contribution is 2.28. The van der Waals surface area contributed by atoms with Gasteiger partial charge in [-0.15, -0.1) is 0 Å². The van der Waals surface area contributed by atoms with Gasteiger partial charge < -0.3 is 9.72 Å². The van der Waals surface area contributed by atoms with Crippen LogP contribution in [0.5, 0.6) is 5.75 Å². The van der Waals surface area contributed by atoms with Crippen molar-refractivity contribution in [2.75, 3.05) is 0 Å². The lowest BCUT2D eigenvalue weighted by molar-refractivity contribution is 0.307. The van der Waals surface area contributed by atoms with Gasteiger partial charge in [0.05, 0.1) is 5.52 Å². The third kappa shape index (κ3) is 2.15. The number of hydrogen-bond donors (Lipinski definition) is 1. The molecule has 0 amide bonds. The average molecular weight is 272 g/mol. The number of hydrogen-bond acceptors (Lipinski definition) is 1. The normalized spacial score (nSPS) is 11.0. The number of benzene rings is 3. The average Bonchev–Trinajstić information content (AvgIpc) is 2.93. The third-order valence-electron chi connectivity index (χ3n) is 3.69. The van der Waals surface area contributed by atoms with Gasteiger partial charge in [-0.2, -0.15) is 0 Å². The summed E-state index contributed by atoms with van der Waals surface area (Å²) in [6, 6.07) is 25.4. The van der Waals surface area contributed by atoms with Crippen LogP contribution in [0.25, 0.3) is 21.8 Å². The third-order valence-corrected chi connectivity index (χ3v) is 3.69. The molecule has 4 rings (SSSR count). The summed E-state index contributed by atoms with van der Waals surface area (Å²) in [4.78, 5) is 3.49. The van der Waals surface area contributed by atoms with Crippen LogP contribution in [0.3, 0.4) is 0 Å². The lowest BCUT2D eigenvalue weighted by Crippen LogP contribution is -1.96. The van der Waals surface area contributed by atoms with E-state index in [1.807, 2.05) is 30.3 Å². The molecule has 1 aromatic heterocycles. The Morgan fingerprint density at radius 1 is 0.857 bits per heavy atom. The maximum absolute atomic E-state index is 5.82. The van der Waals surface area contributed by atoms with E-state index in [1.54, 1.807) is 0 Å². The molecule has 0 aliphatic carbocycles. The molecule has 0 aliphatic rings. The second-order valence-corrected chi connectivity index (χ2v) is 5.03. The second-order valence-electron chi connectivity index (χ2n) is 5.03. The van der Waals surface area contributed by atoms with Gasteiger partial charge in [0.1, 0.15) is 12.4 Å². The van der Waals surface area contributed by atoms with Gasteiger partial charge in [-0.3, -0.25) is 0 Å². The molecular weight excluding hydrogens is 258 g/mol. The summed E-state index contributed by atoms with van der Waals surface area (Å²) in [6.45, 7) is 0.532. The number of rotatable bonds is 3. The number of ether oxygens (including phenoxy) is 1. The molecule has 3 aromatic carbocycles. The van der Waals surface area contributed by atoms with E-state index in [-0.39, 0.29) is 0 Å². The number of aromatic amines is 1. The van der Waals surface area contributed by atoms with Gasteiger partial charge in [-0.25, -0.2) is 0 Å². The maximum atomic E-state index is 5.82. The maximum Gasteiger partial charge on any atom is 0.127 e. The Bertz CT molecular complexity index is 893. The highest BCUT2D eigenvalue weighted by Gasteiger charge is 2.07. The number of nitrogens with one attached hydrogen (secondary N) is 1. The molecule has 21 heavy (non-hydrogen) atoms.